The van der Waals surface area contributed by atoms with Gasteiger partial charge in [-0.15, -0.1) is 0 Å². The van der Waals surface area contributed by atoms with Crippen LogP contribution in [0.1, 0.15) is 25.3 Å². The number of ether oxygens (including phenoxy) is 1. The number of benzene rings is 1. The Kier molecular flexibility index (Phi) is 4.06. The molecule has 1 unspecified atom stereocenters. The Morgan fingerprint density at radius 1 is 1.32 bits per heavy atom. The molecule has 10 heteroatoms. The number of hydrogen-bond donors (Lipinski definition) is 1. The van der Waals surface area contributed by atoms with Crippen LogP contribution in [0.2, 0.25) is 0 Å². The van der Waals surface area contributed by atoms with Crippen molar-refractivity contribution in [3.05, 3.63) is 23.8 Å². The fourth-order valence-corrected chi connectivity index (χ4v) is 3.75. The second-order valence-corrected chi connectivity index (χ2v) is 7.34. The number of rotatable bonds is 3. The maximum absolute atomic E-state index is 13.2. The van der Waals surface area contributed by atoms with Gasteiger partial charge in [0.15, 0.2) is 5.75 Å². The highest BCUT2D eigenvalue weighted by molar-refractivity contribution is 6.10. The summed E-state index contributed by atoms with van der Waals surface area (Å²) in [4.78, 5) is 39.6. The van der Waals surface area contributed by atoms with Crippen LogP contribution >= 0.6 is 0 Å². The van der Waals surface area contributed by atoms with Gasteiger partial charge in [0.1, 0.15) is 18.7 Å². The zero-order chi connectivity index (χ0) is 20.3. The number of amides is 4. The molecule has 28 heavy (non-hydrogen) atoms. The number of alkyl halides is 3. The van der Waals surface area contributed by atoms with Gasteiger partial charge in [-0.1, -0.05) is 6.07 Å². The molecule has 1 saturated carbocycles. The van der Waals surface area contributed by atoms with Crippen LogP contribution in [0.5, 0.6) is 5.75 Å². The maximum Gasteiger partial charge on any atom is 0.420 e. The van der Waals surface area contributed by atoms with Crippen LogP contribution in [0.3, 0.4) is 0 Å². The molecule has 0 bridgehead atoms. The monoisotopic (exact) mass is 397 g/mol. The number of carbonyl (C=O) groups is 3. The second-order valence-electron chi connectivity index (χ2n) is 7.34. The molecule has 0 spiro atoms. The molecule has 4 amide bonds. The first kappa shape index (κ1) is 18.6. The highest BCUT2D eigenvalue weighted by Gasteiger charge is 2.56. The van der Waals surface area contributed by atoms with E-state index in [2.05, 4.69) is 5.32 Å². The van der Waals surface area contributed by atoms with Crippen LogP contribution in [0.25, 0.3) is 0 Å². The van der Waals surface area contributed by atoms with E-state index in [4.69, 9.17) is 4.74 Å². The number of urea groups is 1. The molecule has 150 valence electrons. The third-order valence-electron chi connectivity index (χ3n) is 5.44. The van der Waals surface area contributed by atoms with Gasteiger partial charge in [-0.2, -0.15) is 13.2 Å². The van der Waals surface area contributed by atoms with Crippen molar-refractivity contribution in [2.45, 2.75) is 31.5 Å². The number of nitrogens with one attached hydrogen (secondary N) is 1. The summed E-state index contributed by atoms with van der Waals surface area (Å²) in [5.41, 5.74) is -2.02. The number of imide groups is 1. The van der Waals surface area contributed by atoms with Crippen molar-refractivity contribution in [3.8, 4) is 5.75 Å². The van der Waals surface area contributed by atoms with E-state index < -0.39 is 47.4 Å². The Bertz CT molecular complexity index is 868. The van der Waals surface area contributed by atoms with E-state index in [1.54, 1.807) is 6.92 Å². The van der Waals surface area contributed by atoms with Gasteiger partial charge in [0.25, 0.3) is 5.91 Å². The SMILES string of the molecule is CC1(C2CC2)NC(=O)N(CC(=O)N2CCOc3c2cccc3C(F)(F)F)C1=O. The minimum atomic E-state index is -4.63. The summed E-state index contributed by atoms with van der Waals surface area (Å²) in [6.45, 7) is 1.00. The lowest BCUT2D eigenvalue weighted by Gasteiger charge is -2.32. The second kappa shape index (κ2) is 6.11. The topological polar surface area (TPSA) is 79.0 Å². The Hall–Kier alpha value is -2.78. The van der Waals surface area contributed by atoms with E-state index in [9.17, 15) is 27.6 Å². The number of nitrogens with zero attached hydrogens (tertiary/aromatic N) is 2. The van der Waals surface area contributed by atoms with Crippen LogP contribution < -0.4 is 15.0 Å². The molecule has 7 nitrogen and oxygen atoms in total. The van der Waals surface area contributed by atoms with Gasteiger partial charge in [-0.3, -0.25) is 14.5 Å². The van der Waals surface area contributed by atoms with Crippen LogP contribution in [0, 0.1) is 5.92 Å². The van der Waals surface area contributed by atoms with Gasteiger partial charge >= 0.3 is 12.2 Å². The standard InChI is InChI=1S/C18H18F3N3O4/c1-17(10-5-6-10)15(26)24(16(27)22-17)9-13(25)23-7-8-28-14-11(18(19,20)21)3-2-4-12(14)23/h2-4,10H,5-9H2,1H3,(H,22,27). The number of hydrogen-bond acceptors (Lipinski definition) is 4. The number of carbonyl (C=O) groups excluding carboxylic acids is 3. The van der Waals surface area contributed by atoms with Crippen molar-refractivity contribution in [1.82, 2.24) is 10.2 Å². The van der Waals surface area contributed by atoms with E-state index in [-0.39, 0.29) is 24.8 Å². The summed E-state index contributed by atoms with van der Waals surface area (Å²) in [5, 5.41) is 2.64. The first-order valence-corrected chi connectivity index (χ1v) is 8.90. The van der Waals surface area contributed by atoms with E-state index in [0.717, 1.165) is 28.7 Å². The zero-order valence-corrected chi connectivity index (χ0v) is 15.0. The minimum Gasteiger partial charge on any atom is -0.489 e. The van der Waals surface area contributed by atoms with Gasteiger partial charge in [0.05, 0.1) is 17.8 Å². The fraction of sp³-hybridized carbons (Fsp3) is 0.500. The average molecular weight is 397 g/mol. The lowest BCUT2D eigenvalue weighted by Crippen LogP contribution is -2.48. The van der Waals surface area contributed by atoms with Crippen LogP contribution in [-0.2, 0) is 15.8 Å². The van der Waals surface area contributed by atoms with Crippen molar-refractivity contribution < 1.29 is 32.3 Å². The van der Waals surface area contributed by atoms with Crippen molar-refractivity contribution in [2.24, 2.45) is 5.92 Å². The predicted octanol–water partition coefficient (Wildman–Crippen LogP) is 2.15. The minimum absolute atomic E-state index is 0.0245. The molecule has 1 aromatic rings. The lowest BCUT2D eigenvalue weighted by molar-refractivity contribution is -0.139. The summed E-state index contributed by atoms with van der Waals surface area (Å²) >= 11 is 0. The molecule has 1 saturated heterocycles. The van der Waals surface area contributed by atoms with Gasteiger partial charge in [-0.05, 0) is 37.8 Å². The van der Waals surface area contributed by atoms with Gasteiger partial charge in [0, 0.05) is 0 Å². The van der Waals surface area contributed by atoms with Crippen LogP contribution in [-0.4, -0.2) is 48.0 Å². The molecule has 1 aliphatic carbocycles. The van der Waals surface area contributed by atoms with Crippen molar-refractivity contribution >= 4 is 23.5 Å². The summed E-state index contributed by atoms with van der Waals surface area (Å²) in [7, 11) is 0. The molecule has 1 N–H and O–H groups in total. The Balaban J connectivity index is 1.58. The maximum atomic E-state index is 13.2. The molecule has 3 aliphatic rings. The van der Waals surface area contributed by atoms with E-state index in [1.165, 1.54) is 12.1 Å². The van der Waals surface area contributed by atoms with Crippen LogP contribution in [0.4, 0.5) is 23.7 Å². The largest absolute Gasteiger partial charge is 0.489 e. The molecule has 0 aromatic heterocycles. The smallest absolute Gasteiger partial charge is 0.420 e. The van der Waals surface area contributed by atoms with Crippen molar-refractivity contribution in [3.63, 3.8) is 0 Å². The highest BCUT2D eigenvalue weighted by atomic mass is 19.4. The fourth-order valence-electron chi connectivity index (χ4n) is 3.75. The van der Waals surface area contributed by atoms with E-state index in [1.807, 2.05) is 0 Å². The molecule has 2 aliphatic heterocycles. The van der Waals surface area contributed by atoms with Crippen molar-refractivity contribution in [2.75, 3.05) is 24.6 Å². The van der Waals surface area contributed by atoms with Gasteiger partial charge < -0.3 is 15.0 Å². The first-order chi connectivity index (χ1) is 13.1. The molecule has 0 radical (unpaired) electrons. The Labute approximate surface area is 158 Å². The van der Waals surface area contributed by atoms with E-state index in [0.29, 0.717) is 0 Å². The molecule has 2 heterocycles. The van der Waals surface area contributed by atoms with E-state index >= 15 is 0 Å². The molecule has 2 fully saturated rings. The highest BCUT2D eigenvalue weighted by Crippen LogP contribution is 2.44. The Morgan fingerprint density at radius 3 is 2.68 bits per heavy atom. The lowest BCUT2D eigenvalue weighted by atomic mass is 9.96. The number of para-hydroxylation sites is 1. The number of fused-ring (bicyclic) bond motifs is 1. The van der Waals surface area contributed by atoms with Gasteiger partial charge in [-0.25, -0.2) is 4.79 Å². The first-order valence-electron chi connectivity index (χ1n) is 8.90. The summed E-state index contributed by atoms with van der Waals surface area (Å²) < 4.78 is 44.8. The third kappa shape index (κ3) is 2.87. The van der Waals surface area contributed by atoms with Crippen molar-refractivity contribution in [1.29, 1.82) is 0 Å². The summed E-state index contributed by atoms with van der Waals surface area (Å²) in [6, 6.07) is 2.76. The molecule has 4 rings (SSSR count). The molecular weight excluding hydrogens is 379 g/mol. The number of halogens is 3. The third-order valence-corrected chi connectivity index (χ3v) is 5.44. The quantitative estimate of drug-likeness (QED) is 0.793. The Morgan fingerprint density at radius 2 is 2.04 bits per heavy atom. The van der Waals surface area contributed by atoms with Gasteiger partial charge in [0.2, 0.25) is 5.91 Å². The molecular formula is C18H18F3N3O4. The normalized spacial score (nSPS) is 24.7. The summed E-state index contributed by atoms with van der Waals surface area (Å²) in [5.74, 6) is -1.50. The summed E-state index contributed by atoms with van der Waals surface area (Å²) in [6.07, 6.45) is -2.99. The average Bonchev–Trinajstić information content (AvgIpc) is 3.46. The predicted molar refractivity (Wildman–Crippen MR) is 90.7 cm³/mol. The molecule has 1 atom stereocenters. The number of anilines is 1. The zero-order valence-electron chi connectivity index (χ0n) is 15.0. The molecule has 1 aromatic carbocycles. The van der Waals surface area contributed by atoms with Crippen LogP contribution in [0.15, 0.2) is 18.2 Å².